The maximum absolute atomic E-state index is 13.7. The number of rotatable bonds is 8. The van der Waals surface area contributed by atoms with Crippen LogP contribution in [0.1, 0.15) is 11.1 Å². The van der Waals surface area contributed by atoms with Crippen molar-refractivity contribution in [1.29, 1.82) is 0 Å². The number of benzene rings is 3. The Labute approximate surface area is 199 Å². The summed E-state index contributed by atoms with van der Waals surface area (Å²) in [6, 6.07) is 16.0. The van der Waals surface area contributed by atoms with Crippen molar-refractivity contribution in [3.8, 4) is 0 Å². The normalized spacial score (nSPS) is 12.0. The molecule has 33 heavy (non-hydrogen) atoms. The minimum atomic E-state index is -0.745. The van der Waals surface area contributed by atoms with Crippen LogP contribution in [-0.2, 0) is 11.2 Å². The highest BCUT2D eigenvalue weighted by molar-refractivity contribution is 7.98. The number of aromatic nitrogens is 1. The topological polar surface area (TPSA) is 57.3 Å². The molecule has 1 aromatic heterocycles. The molecular weight excluding hydrogens is 462 g/mol. The van der Waals surface area contributed by atoms with E-state index in [0.717, 1.165) is 39.7 Å². The Morgan fingerprint density at radius 3 is 2.55 bits per heavy atom. The zero-order valence-electron chi connectivity index (χ0n) is 18.0. The lowest BCUT2D eigenvalue weighted by Gasteiger charge is -2.25. The van der Waals surface area contributed by atoms with Crippen LogP contribution in [-0.4, -0.2) is 24.0 Å². The highest BCUT2D eigenvalue weighted by Gasteiger charge is 2.24. The number of nitrogens with one attached hydrogen (secondary N) is 2. The fraction of sp³-hybridized carbons (Fsp3) is 0.167. The van der Waals surface area contributed by atoms with Crippen molar-refractivity contribution in [3.63, 3.8) is 0 Å². The molecule has 0 radical (unpaired) electrons. The van der Waals surface area contributed by atoms with Gasteiger partial charge in [-0.05, 0) is 61.4 Å². The number of amides is 1. The van der Waals surface area contributed by atoms with Crippen LogP contribution in [0, 0.1) is 18.6 Å². The summed E-state index contributed by atoms with van der Waals surface area (Å²) >= 11 is 2.67. The number of carbonyl (C=O) groups is 1. The van der Waals surface area contributed by atoms with Crippen molar-refractivity contribution < 1.29 is 13.6 Å². The summed E-state index contributed by atoms with van der Waals surface area (Å²) in [6.07, 6.45) is 0.110. The van der Waals surface area contributed by atoms with E-state index in [1.165, 1.54) is 28.4 Å². The predicted molar refractivity (Wildman–Crippen MR) is 132 cm³/mol. The maximum Gasteiger partial charge on any atom is 0.245 e. The van der Waals surface area contributed by atoms with Gasteiger partial charge in [-0.15, -0.1) is 11.3 Å². The average Bonchev–Trinajstić information content (AvgIpc) is 3.26. The molecule has 4 rings (SSSR count). The molecule has 1 atom stereocenters. The predicted octanol–water partition coefficient (Wildman–Crippen LogP) is 5.72. The van der Waals surface area contributed by atoms with E-state index >= 15 is 0 Å². The van der Waals surface area contributed by atoms with Crippen molar-refractivity contribution in [2.45, 2.75) is 19.4 Å². The molecule has 170 valence electrons. The molecule has 9 heteroatoms. The van der Waals surface area contributed by atoms with Crippen molar-refractivity contribution >= 4 is 51.0 Å². The number of likely N-dealkylation sites (N-methyl/N-ethyl adjacent to an activating group) is 1. The Hall–Kier alpha value is -3.01. The van der Waals surface area contributed by atoms with Gasteiger partial charge in [-0.25, -0.2) is 18.5 Å². The van der Waals surface area contributed by atoms with Gasteiger partial charge in [0, 0.05) is 36.6 Å². The highest BCUT2D eigenvalue weighted by Crippen LogP contribution is 2.24. The molecule has 4 aromatic rings. The van der Waals surface area contributed by atoms with Gasteiger partial charge in [0.1, 0.15) is 17.7 Å². The number of nitrogens with zero attached hydrogens (tertiary/aromatic N) is 2. The van der Waals surface area contributed by atoms with Crippen molar-refractivity contribution in [2.24, 2.45) is 0 Å². The van der Waals surface area contributed by atoms with Gasteiger partial charge in [-0.2, -0.15) is 0 Å². The molecular formula is C24H22F2N4OS2. The first kappa shape index (κ1) is 23.2. The fourth-order valence-electron chi connectivity index (χ4n) is 3.34. The molecule has 2 N–H and O–H groups in total. The molecule has 5 nitrogen and oxygen atoms in total. The van der Waals surface area contributed by atoms with Crippen LogP contribution >= 0.6 is 23.5 Å². The van der Waals surface area contributed by atoms with Crippen molar-refractivity contribution in [1.82, 2.24) is 9.71 Å². The summed E-state index contributed by atoms with van der Waals surface area (Å²) < 4.78 is 34.8. The van der Waals surface area contributed by atoms with Gasteiger partial charge in [-0.3, -0.25) is 4.79 Å². The van der Waals surface area contributed by atoms with Crippen molar-refractivity contribution in [3.05, 3.63) is 88.9 Å². The lowest BCUT2D eigenvalue weighted by molar-refractivity contribution is -0.119. The number of thiazole rings is 1. The lowest BCUT2D eigenvalue weighted by Crippen LogP contribution is -2.44. The fourth-order valence-corrected chi connectivity index (χ4v) is 4.64. The van der Waals surface area contributed by atoms with Crippen molar-refractivity contribution in [2.75, 3.05) is 16.7 Å². The Morgan fingerprint density at radius 2 is 1.82 bits per heavy atom. The Morgan fingerprint density at radius 1 is 1.09 bits per heavy atom. The Kier molecular flexibility index (Phi) is 7.22. The number of carbonyl (C=O) groups excluding carboxylic acids is 1. The smallest absolute Gasteiger partial charge is 0.245 e. The zero-order valence-corrected chi connectivity index (χ0v) is 19.6. The molecule has 0 bridgehead atoms. The minimum Gasteiger partial charge on any atom is -0.317 e. The highest BCUT2D eigenvalue weighted by atomic mass is 32.2. The Balaban J connectivity index is 1.52. The van der Waals surface area contributed by atoms with E-state index in [2.05, 4.69) is 14.4 Å². The molecule has 1 heterocycles. The number of anilines is 2. The van der Waals surface area contributed by atoms with E-state index in [1.807, 2.05) is 49.4 Å². The number of aryl methyl sites for hydroxylation is 1. The van der Waals surface area contributed by atoms with E-state index in [1.54, 1.807) is 12.6 Å². The first-order valence-electron chi connectivity index (χ1n) is 10.2. The summed E-state index contributed by atoms with van der Waals surface area (Å²) in [5.74, 6) is -1.60. The molecule has 1 amide bonds. The Bertz CT molecular complexity index is 1240. The standard InChI is InChI=1S/C24H22F2N4OS2/c1-15-3-5-19(6-4-15)28-33-29-22(11-16-9-17(25)12-18(26)10-16)24(31)30(2)20-7-8-23-21(13-20)27-14-32-23/h3-10,12-14,22,28-29H,11H2,1-2H3. The number of fused-ring (bicyclic) bond motifs is 1. The third kappa shape index (κ3) is 5.87. The van der Waals surface area contributed by atoms with Crippen LogP contribution < -0.4 is 14.3 Å². The van der Waals surface area contributed by atoms with E-state index in [9.17, 15) is 13.6 Å². The van der Waals surface area contributed by atoms with Gasteiger partial charge in [0.2, 0.25) is 5.91 Å². The van der Waals surface area contributed by atoms with E-state index in [-0.39, 0.29) is 12.3 Å². The summed E-state index contributed by atoms with van der Waals surface area (Å²) in [5.41, 5.74) is 5.64. The molecule has 0 aliphatic rings. The molecule has 0 saturated carbocycles. The molecule has 0 aliphatic heterocycles. The quantitative estimate of drug-likeness (QED) is 0.313. The van der Waals surface area contributed by atoms with Crippen LogP contribution in [0.15, 0.2) is 66.2 Å². The second kappa shape index (κ2) is 10.3. The first-order valence-corrected chi connectivity index (χ1v) is 11.9. The van der Waals surface area contributed by atoms with E-state index < -0.39 is 17.7 Å². The first-order chi connectivity index (χ1) is 15.9. The lowest BCUT2D eigenvalue weighted by atomic mass is 10.0. The average molecular weight is 485 g/mol. The number of halogens is 2. The van der Waals surface area contributed by atoms with Crippen LogP contribution in [0.2, 0.25) is 0 Å². The van der Waals surface area contributed by atoms with Gasteiger partial charge in [-0.1, -0.05) is 17.7 Å². The van der Waals surface area contributed by atoms with Gasteiger partial charge < -0.3 is 9.62 Å². The summed E-state index contributed by atoms with van der Waals surface area (Å²) in [4.78, 5) is 19.2. The molecule has 1 unspecified atom stereocenters. The van der Waals surface area contributed by atoms with Crippen LogP contribution in [0.5, 0.6) is 0 Å². The van der Waals surface area contributed by atoms with E-state index in [4.69, 9.17) is 0 Å². The second-order valence-corrected chi connectivity index (χ2v) is 9.15. The summed E-state index contributed by atoms with van der Waals surface area (Å²) in [6.45, 7) is 2.00. The van der Waals surface area contributed by atoms with Gasteiger partial charge in [0.25, 0.3) is 0 Å². The molecule has 0 saturated heterocycles. The third-order valence-corrected chi connectivity index (χ3v) is 6.66. The number of hydrogen-bond acceptors (Lipinski definition) is 6. The minimum absolute atomic E-state index is 0.110. The molecule has 3 aromatic carbocycles. The maximum atomic E-state index is 13.7. The molecule has 0 aliphatic carbocycles. The van der Waals surface area contributed by atoms with Crippen LogP contribution in [0.25, 0.3) is 10.2 Å². The van der Waals surface area contributed by atoms with E-state index in [0.29, 0.717) is 11.3 Å². The SMILES string of the molecule is Cc1ccc(NSNC(Cc2cc(F)cc(F)c2)C(=O)N(C)c2ccc3scnc3c2)cc1. The largest absolute Gasteiger partial charge is 0.317 e. The number of hydrogen-bond donors (Lipinski definition) is 2. The molecule has 0 spiro atoms. The third-order valence-electron chi connectivity index (χ3n) is 5.11. The van der Waals surface area contributed by atoms with Crippen LogP contribution in [0.4, 0.5) is 20.2 Å². The van der Waals surface area contributed by atoms with Gasteiger partial charge in [0.15, 0.2) is 0 Å². The summed E-state index contributed by atoms with van der Waals surface area (Å²) in [5, 5.41) is 0. The zero-order chi connectivity index (χ0) is 23.4. The monoisotopic (exact) mass is 484 g/mol. The van der Waals surface area contributed by atoms with Gasteiger partial charge >= 0.3 is 0 Å². The van der Waals surface area contributed by atoms with Gasteiger partial charge in [0.05, 0.1) is 15.7 Å². The second-order valence-electron chi connectivity index (χ2n) is 7.62. The molecule has 0 fully saturated rings. The summed E-state index contributed by atoms with van der Waals surface area (Å²) in [7, 11) is 1.68. The van der Waals surface area contributed by atoms with Crippen LogP contribution in [0.3, 0.4) is 0 Å².